The molecule has 1 heterocycles. The van der Waals surface area contributed by atoms with Gasteiger partial charge in [0.15, 0.2) is 11.9 Å². The van der Waals surface area contributed by atoms with Crippen molar-refractivity contribution in [3.05, 3.63) is 11.9 Å². The van der Waals surface area contributed by atoms with E-state index in [-0.39, 0.29) is 0 Å². The van der Waals surface area contributed by atoms with Crippen LogP contribution in [0.15, 0.2) is 6.20 Å². The third kappa shape index (κ3) is 2.32. The minimum atomic E-state index is 1.15. The molecule has 0 aliphatic carbocycles. The molecule has 0 N–H and O–H groups in total. The zero-order valence-corrected chi connectivity index (χ0v) is 8.25. The maximum atomic E-state index is 4.22. The van der Waals surface area contributed by atoms with Gasteiger partial charge in [0, 0.05) is 6.42 Å². The van der Waals surface area contributed by atoms with E-state index in [4.69, 9.17) is 0 Å². The Hall–Kier alpha value is -0.860. The summed E-state index contributed by atoms with van der Waals surface area (Å²) < 4.78 is 3.82. The third-order valence-electron chi connectivity index (χ3n) is 2.06. The number of unbranched alkanes of at least 4 members (excludes halogenated alkanes) is 2. The molecule has 1 rings (SSSR count). The first-order valence-corrected chi connectivity index (χ1v) is 4.63. The van der Waals surface area contributed by atoms with E-state index >= 15 is 0 Å². The number of hydrogen-bond donors (Lipinski definition) is 0. The molecule has 0 spiro atoms. The largest absolute Gasteiger partial charge is 0.167 e. The molecule has 0 saturated heterocycles. The van der Waals surface area contributed by atoms with Crippen molar-refractivity contribution in [2.24, 2.45) is 14.1 Å². The summed E-state index contributed by atoms with van der Waals surface area (Å²) >= 11 is 0. The average Bonchev–Trinajstić information content (AvgIpc) is 2.31. The molecular weight excluding hydrogens is 150 g/mol. The lowest BCUT2D eigenvalue weighted by Crippen LogP contribution is -2.29. The molecule has 68 valence electrons. The molecule has 1 aromatic heterocycles. The first kappa shape index (κ1) is 9.23. The van der Waals surface area contributed by atoms with Gasteiger partial charge in [0.2, 0.25) is 0 Å². The Kier molecular flexibility index (Phi) is 3.26. The van der Waals surface area contributed by atoms with Crippen LogP contribution >= 0.6 is 0 Å². The number of aryl methyl sites for hydroxylation is 3. The summed E-state index contributed by atoms with van der Waals surface area (Å²) in [6, 6.07) is 0. The molecule has 0 unspecified atom stereocenters. The highest BCUT2D eigenvalue weighted by atomic mass is 15.5. The Morgan fingerprint density at radius 1 is 1.50 bits per heavy atom. The van der Waals surface area contributed by atoms with E-state index in [9.17, 15) is 0 Å². The van der Waals surface area contributed by atoms with E-state index in [1.165, 1.54) is 25.0 Å². The monoisotopic (exact) mass is 168 g/mol. The Morgan fingerprint density at radius 2 is 2.25 bits per heavy atom. The van der Waals surface area contributed by atoms with E-state index in [1.807, 2.05) is 23.5 Å². The van der Waals surface area contributed by atoms with Crippen molar-refractivity contribution < 1.29 is 4.68 Å². The quantitative estimate of drug-likeness (QED) is 0.485. The molecule has 1 aromatic rings. The number of nitrogens with zero attached hydrogens (tertiary/aromatic N) is 3. The molecule has 0 aromatic carbocycles. The lowest BCUT2D eigenvalue weighted by atomic mass is 10.2. The summed E-state index contributed by atoms with van der Waals surface area (Å²) in [6.45, 7) is 2.23. The normalized spacial score (nSPS) is 10.6. The van der Waals surface area contributed by atoms with Gasteiger partial charge < -0.3 is 0 Å². The first-order chi connectivity index (χ1) is 5.74. The van der Waals surface area contributed by atoms with Crippen LogP contribution in [0.3, 0.4) is 0 Å². The molecule has 0 amide bonds. The molecule has 3 nitrogen and oxygen atoms in total. The van der Waals surface area contributed by atoms with Crippen LogP contribution in [-0.2, 0) is 20.5 Å². The highest BCUT2D eigenvalue weighted by Gasteiger charge is 2.07. The zero-order valence-electron chi connectivity index (χ0n) is 8.25. The summed E-state index contributed by atoms with van der Waals surface area (Å²) in [5, 5.41) is 4.22. The van der Waals surface area contributed by atoms with Gasteiger partial charge in [0.1, 0.15) is 14.1 Å². The van der Waals surface area contributed by atoms with Crippen molar-refractivity contribution in [2.45, 2.75) is 32.6 Å². The van der Waals surface area contributed by atoms with Gasteiger partial charge in [-0.25, -0.2) is 0 Å². The van der Waals surface area contributed by atoms with Crippen molar-refractivity contribution in [1.29, 1.82) is 0 Å². The van der Waals surface area contributed by atoms with Crippen molar-refractivity contribution in [3.8, 4) is 0 Å². The van der Waals surface area contributed by atoms with Crippen LogP contribution in [0.2, 0.25) is 0 Å². The van der Waals surface area contributed by atoms with Crippen molar-refractivity contribution >= 4 is 0 Å². The SMILES string of the molecule is CCCCCc1c[n+](C)nn1C. The smallest absolute Gasteiger partial charge is 0.140 e. The summed E-state index contributed by atoms with van der Waals surface area (Å²) in [4.78, 5) is 0. The van der Waals surface area contributed by atoms with Gasteiger partial charge >= 0.3 is 0 Å². The summed E-state index contributed by atoms with van der Waals surface area (Å²) in [6.07, 6.45) is 7.11. The predicted octanol–water partition coefficient (Wildman–Crippen LogP) is 0.977. The fraction of sp³-hybridized carbons (Fsp3) is 0.778. The van der Waals surface area contributed by atoms with Crippen LogP contribution in [0.5, 0.6) is 0 Å². The van der Waals surface area contributed by atoms with Crippen LogP contribution < -0.4 is 4.68 Å². The van der Waals surface area contributed by atoms with Gasteiger partial charge in [0.25, 0.3) is 0 Å². The first-order valence-electron chi connectivity index (χ1n) is 4.63. The fourth-order valence-electron chi connectivity index (χ4n) is 1.38. The molecular formula is C9H18N3+. The van der Waals surface area contributed by atoms with Gasteiger partial charge in [-0.15, -0.1) is 9.36 Å². The van der Waals surface area contributed by atoms with Gasteiger partial charge in [-0.3, -0.25) is 0 Å². The second kappa shape index (κ2) is 4.24. The topological polar surface area (TPSA) is 21.7 Å². The second-order valence-corrected chi connectivity index (χ2v) is 3.26. The fourth-order valence-corrected chi connectivity index (χ4v) is 1.38. The third-order valence-corrected chi connectivity index (χ3v) is 2.06. The maximum Gasteiger partial charge on any atom is 0.167 e. The van der Waals surface area contributed by atoms with Gasteiger partial charge in [-0.2, -0.15) is 0 Å². The molecule has 0 saturated carbocycles. The zero-order chi connectivity index (χ0) is 8.97. The molecule has 0 radical (unpaired) electrons. The van der Waals surface area contributed by atoms with E-state index in [0.717, 1.165) is 6.42 Å². The van der Waals surface area contributed by atoms with Crippen LogP contribution in [0.4, 0.5) is 0 Å². The van der Waals surface area contributed by atoms with Crippen LogP contribution in [-0.4, -0.2) is 9.90 Å². The van der Waals surface area contributed by atoms with Gasteiger partial charge in [-0.1, -0.05) is 19.8 Å². The highest BCUT2D eigenvalue weighted by molar-refractivity contribution is 4.89. The number of rotatable bonds is 4. The van der Waals surface area contributed by atoms with Crippen molar-refractivity contribution in [1.82, 2.24) is 9.90 Å². The predicted molar refractivity (Wildman–Crippen MR) is 47.6 cm³/mol. The molecule has 3 heteroatoms. The maximum absolute atomic E-state index is 4.22. The molecule has 0 bridgehead atoms. The molecule has 0 fully saturated rings. The van der Waals surface area contributed by atoms with E-state index in [1.54, 1.807) is 0 Å². The average molecular weight is 168 g/mol. The molecule has 0 atom stereocenters. The Balaban J connectivity index is 2.45. The standard InChI is InChI=1S/C9H18N3/c1-4-5-6-7-9-8-11(2)10-12(9)3/h8H,4-7H2,1-3H3/q+1. The van der Waals surface area contributed by atoms with E-state index < -0.39 is 0 Å². The second-order valence-electron chi connectivity index (χ2n) is 3.26. The lowest BCUT2D eigenvalue weighted by molar-refractivity contribution is -0.732. The van der Waals surface area contributed by atoms with Crippen LogP contribution in [0.25, 0.3) is 0 Å². The van der Waals surface area contributed by atoms with Crippen LogP contribution in [0.1, 0.15) is 31.9 Å². The Morgan fingerprint density at radius 3 is 2.75 bits per heavy atom. The number of hydrogen-bond acceptors (Lipinski definition) is 1. The molecule has 12 heavy (non-hydrogen) atoms. The Labute approximate surface area is 74.0 Å². The minimum absolute atomic E-state index is 1.15. The summed E-state index contributed by atoms with van der Waals surface area (Å²) in [5.41, 5.74) is 1.32. The van der Waals surface area contributed by atoms with Crippen molar-refractivity contribution in [3.63, 3.8) is 0 Å². The van der Waals surface area contributed by atoms with Crippen LogP contribution in [0, 0.1) is 0 Å². The van der Waals surface area contributed by atoms with Gasteiger partial charge in [0.05, 0.1) is 5.21 Å². The molecule has 0 aliphatic heterocycles. The highest BCUT2D eigenvalue weighted by Crippen LogP contribution is 2.02. The van der Waals surface area contributed by atoms with Gasteiger partial charge in [-0.05, 0) is 6.42 Å². The van der Waals surface area contributed by atoms with Crippen molar-refractivity contribution in [2.75, 3.05) is 0 Å². The Bertz CT molecular complexity index is 240. The minimum Gasteiger partial charge on any atom is -0.140 e. The summed E-state index contributed by atoms with van der Waals surface area (Å²) in [7, 11) is 3.96. The van der Waals surface area contributed by atoms with E-state index in [0.29, 0.717) is 0 Å². The van der Waals surface area contributed by atoms with E-state index in [2.05, 4.69) is 18.3 Å². The molecule has 0 aliphatic rings. The number of aromatic nitrogens is 3. The summed E-state index contributed by atoms with van der Waals surface area (Å²) in [5.74, 6) is 0. The lowest BCUT2D eigenvalue weighted by Gasteiger charge is -1.92.